The normalized spacial score (nSPS) is 11.3. The summed E-state index contributed by atoms with van der Waals surface area (Å²) in [6, 6.07) is 8.02. The Bertz CT molecular complexity index is 662. The fraction of sp³-hybridized carbons (Fsp3) is 0.412. The van der Waals surface area contributed by atoms with Crippen LogP contribution in [-0.2, 0) is 13.1 Å². The van der Waals surface area contributed by atoms with Crippen LogP contribution in [0.1, 0.15) is 38.4 Å². The molecule has 3 rings (SSSR count). The Kier molecular flexibility index (Phi) is 4.34. The predicted octanol–water partition coefficient (Wildman–Crippen LogP) is 2.91. The van der Waals surface area contributed by atoms with Gasteiger partial charge in [0.05, 0.1) is 6.54 Å². The van der Waals surface area contributed by atoms with Crippen molar-refractivity contribution < 1.29 is 4.57 Å². The maximum atomic E-state index is 4.56. The van der Waals surface area contributed by atoms with Crippen LogP contribution in [0.4, 0.5) is 0 Å². The summed E-state index contributed by atoms with van der Waals surface area (Å²) in [7, 11) is 0. The Balaban J connectivity index is 1.61. The molecule has 2 aromatic heterocycles. The Morgan fingerprint density at radius 2 is 2.10 bits per heavy atom. The van der Waals surface area contributed by atoms with Crippen LogP contribution in [0.3, 0.4) is 0 Å². The average molecular weight is 282 g/mol. The highest BCUT2D eigenvalue weighted by molar-refractivity contribution is 5.74. The fourth-order valence-corrected chi connectivity index (χ4v) is 2.58. The van der Waals surface area contributed by atoms with E-state index in [-0.39, 0.29) is 0 Å². The van der Waals surface area contributed by atoms with Crippen molar-refractivity contribution in [1.82, 2.24) is 14.5 Å². The summed E-state index contributed by atoms with van der Waals surface area (Å²) in [5, 5.41) is 0. The van der Waals surface area contributed by atoms with Gasteiger partial charge in [0.1, 0.15) is 18.9 Å². The first-order chi connectivity index (χ1) is 10.3. The van der Waals surface area contributed by atoms with Crippen LogP contribution in [0, 0.1) is 0 Å². The van der Waals surface area contributed by atoms with Crippen molar-refractivity contribution in [1.29, 1.82) is 0 Å². The van der Waals surface area contributed by atoms with Crippen molar-refractivity contribution >= 4 is 11.0 Å². The number of benzene rings is 1. The maximum absolute atomic E-state index is 4.56. The largest absolute Gasteiger partial charge is 0.436 e. The van der Waals surface area contributed by atoms with Gasteiger partial charge >= 0.3 is 0 Å². The molecule has 4 heteroatoms. The number of unbranched alkanes of at least 4 members (excludes halogenated alkanes) is 3. The number of rotatable bonds is 7. The van der Waals surface area contributed by atoms with Crippen LogP contribution in [0.15, 0.2) is 43.0 Å². The molecule has 2 heterocycles. The van der Waals surface area contributed by atoms with Gasteiger partial charge in [0.15, 0.2) is 0 Å². The van der Waals surface area contributed by atoms with Crippen molar-refractivity contribution in [2.45, 2.75) is 45.7 Å². The molecule has 0 aliphatic heterocycles. The van der Waals surface area contributed by atoms with E-state index in [4.69, 9.17) is 0 Å². The van der Waals surface area contributed by atoms with Gasteiger partial charge in [0.25, 0.3) is 0 Å². The van der Waals surface area contributed by atoms with Crippen LogP contribution < -0.4 is 9.55 Å². The lowest BCUT2D eigenvalue weighted by molar-refractivity contribution is -0.688. The minimum atomic E-state index is 0.733. The van der Waals surface area contributed by atoms with Crippen molar-refractivity contribution in [2.24, 2.45) is 0 Å². The first-order valence-electron chi connectivity index (χ1n) is 7.78. The second-order valence-electron chi connectivity index (χ2n) is 5.51. The van der Waals surface area contributed by atoms with E-state index in [1.165, 1.54) is 25.7 Å². The molecular formula is C17H22N4. The van der Waals surface area contributed by atoms with Gasteiger partial charge in [-0.1, -0.05) is 44.0 Å². The number of aromatic nitrogens is 4. The Morgan fingerprint density at radius 1 is 1.19 bits per heavy atom. The van der Waals surface area contributed by atoms with Crippen molar-refractivity contribution in [3.63, 3.8) is 0 Å². The van der Waals surface area contributed by atoms with E-state index in [1.807, 2.05) is 24.3 Å². The second kappa shape index (κ2) is 6.57. The summed E-state index contributed by atoms with van der Waals surface area (Å²) >= 11 is 0. The lowest BCUT2D eigenvalue weighted by Crippen LogP contribution is -2.32. The molecule has 0 unspecified atom stereocenters. The van der Waals surface area contributed by atoms with Gasteiger partial charge in [0.2, 0.25) is 6.33 Å². The van der Waals surface area contributed by atoms with Gasteiger partial charge in [-0.05, 0) is 29.7 Å². The highest BCUT2D eigenvalue weighted by Gasteiger charge is 2.03. The fourth-order valence-electron chi connectivity index (χ4n) is 2.58. The molecule has 0 radical (unpaired) electrons. The van der Waals surface area contributed by atoms with Crippen molar-refractivity contribution in [3.05, 3.63) is 48.8 Å². The molecule has 0 atom stereocenters. The highest BCUT2D eigenvalue weighted by Crippen LogP contribution is 2.08. The quantitative estimate of drug-likeness (QED) is 0.493. The van der Waals surface area contributed by atoms with E-state index in [0.717, 1.165) is 29.9 Å². The molecule has 0 fully saturated rings. The molecule has 0 bridgehead atoms. The van der Waals surface area contributed by atoms with Crippen LogP contribution in [0.25, 0.3) is 11.0 Å². The van der Waals surface area contributed by atoms with E-state index < -0.39 is 0 Å². The molecule has 3 aromatic rings. The maximum Gasteiger partial charge on any atom is 0.244 e. The molecule has 0 saturated carbocycles. The van der Waals surface area contributed by atoms with E-state index in [0.29, 0.717) is 0 Å². The summed E-state index contributed by atoms with van der Waals surface area (Å²) in [4.78, 5) is 9.13. The zero-order valence-corrected chi connectivity index (χ0v) is 12.6. The molecule has 110 valence electrons. The van der Waals surface area contributed by atoms with E-state index >= 15 is 0 Å². The molecule has 4 nitrogen and oxygen atoms in total. The highest BCUT2D eigenvalue weighted by atomic mass is 15.1. The minimum Gasteiger partial charge on any atom is -0.436 e. The van der Waals surface area contributed by atoms with Gasteiger partial charge in [-0.2, -0.15) is 0 Å². The van der Waals surface area contributed by atoms with Crippen LogP contribution in [-0.4, -0.2) is 9.55 Å². The smallest absolute Gasteiger partial charge is 0.244 e. The van der Waals surface area contributed by atoms with Crippen LogP contribution in [0.5, 0.6) is 0 Å². The molecule has 1 aromatic carbocycles. The summed E-state index contributed by atoms with van der Waals surface area (Å²) in [5.41, 5.74) is 1.96. The van der Waals surface area contributed by atoms with Crippen LogP contribution in [0.2, 0.25) is 0 Å². The van der Waals surface area contributed by atoms with Crippen LogP contribution >= 0.6 is 0 Å². The number of aryl methyl sites for hydroxylation is 1. The first-order valence-corrected chi connectivity index (χ1v) is 7.78. The van der Waals surface area contributed by atoms with E-state index in [2.05, 4.69) is 44.7 Å². The first kappa shape index (κ1) is 13.9. The van der Waals surface area contributed by atoms with Gasteiger partial charge in [0, 0.05) is 0 Å². The zero-order valence-electron chi connectivity index (χ0n) is 12.6. The van der Waals surface area contributed by atoms with E-state index in [1.54, 1.807) is 0 Å². The molecule has 0 saturated heterocycles. The number of hydrogen-bond donors (Lipinski definition) is 0. The lowest BCUT2D eigenvalue weighted by Gasteiger charge is -1.99. The minimum absolute atomic E-state index is 0.733. The number of hydrogen-bond acceptors (Lipinski definition) is 1. The lowest BCUT2D eigenvalue weighted by atomic mass is 10.2. The Hall–Kier alpha value is -2.10. The van der Waals surface area contributed by atoms with Gasteiger partial charge in [-0.15, -0.1) is 0 Å². The number of imidazole rings is 2. The summed E-state index contributed by atoms with van der Waals surface area (Å²) in [5.74, 6) is 0.880. The number of fused-ring (bicyclic) bond motifs is 1. The average Bonchev–Trinajstić information content (AvgIpc) is 3.10. The topological polar surface area (TPSA) is 35.8 Å². The number of nitrogens with zero attached hydrogens (tertiary/aromatic N) is 4. The number of para-hydroxylation sites is 2. The molecule has 0 aliphatic carbocycles. The molecule has 21 heavy (non-hydrogen) atoms. The third-order valence-corrected chi connectivity index (χ3v) is 3.72. The summed E-state index contributed by atoms with van der Waals surface area (Å²) in [6.07, 6.45) is 11.6. The van der Waals surface area contributed by atoms with Crippen molar-refractivity contribution in [3.8, 4) is 0 Å². The van der Waals surface area contributed by atoms with Crippen molar-refractivity contribution in [2.75, 3.05) is 0 Å². The molecule has 0 spiro atoms. The molecule has 0 N–H and O–H groups in total. The molecular weight excluding hydrogens is 260 g/mol. The molecule has 0 aliphatic rings. The third kappa shape index (κ3) is 3.51. The van der Waals surface area contributed by atoms with Gasteiger partial charge in [-0.3, -0.25) is 0 Å². The monoisotopic (exact) mass is 282 g/mol. The zero-order chi connectivity index (χ0) is 14.5. The summed E-state index contributed by atoms with van der Waals surface area (Å²) < 4.78 is 4.40. The van der Waals surface area contributed by atoms with E-state index in [9.17, 15) is 0 Å². The standard InChI is InChI=1S/C17H22N4/c1-2-3-4-7-10-20-11-12-21(14-20)13-17-18-15-8-5-6-9-16(15)19-17/h5-6,8-9,11-12,14H,2-4,7,10,13H2,1H3. The third-order valence-electron chi connectivity index (χ3n) is 3.72. The van der Waals surface area contributed by atoms with Gasteiger partial charge in [-0.25, -0.2) is 9.13 Å². The predicted molar refractivity (Wildman–Crippen MR) is 82.9 cm³/mol. The Labute approximate surface area is 125 Å². The second-order valence-corrected chi connectivity index (χ2v) is 5.51. The SMILES string of the molecule is CCCCCCn1cc[n+](Cc2nc3ccccc3[n-]2)c1. The Morgan fingerprint density at radius 3 is 2.95 bits per heavy atom. The molecule has 0 amide bonds. The summed E-state index contributed by atoms with van der Waals surface area (Å²) in [6.45, 7) is 4.07. The van der Waals surface area contributed by atoms with Gasteiger partial charge < -0.3 is 9.97 Å².